The average Bonchev–Trinajstić information content (AvgIpc) is 3.03. The highest BCUT2D eigenvalue weighted by Crippen LogP contribution is 2.38. The van der Waals surface area contributed by atoms with E-state index in [1.165, 1.54) is 6.07 Å². The van der Waals surface area contributed by atoms with Gasteiger partial charge in [0.2, 0.25) is 0 Å². The van der Waals surface area contributed by atoms with Gasteiger partial charge in [0.05, 0.1) is 9.35 Å². The minimum absolute atomic E-state index is 0.00214. The van der Waals surface area contributed by atoms with Crippen molar-refractivity contribution in [3.63, 3.8) is 0 Å². The molecule has 0 aliphatic carbocycles. The first-order chi connectivity index (χ1) is 11.0. The zero-order valence-corrected chi connectivity index (χ0v) is 17.4. The minimum atomic E-state index is -4.63. The van der Waals surface area contributed by atoms with Crippen LogP contribution >= 0.6 is 59.1 Å². The highest BCUT2D eigenvalue weighted by Gasteiger charge is 2.33. The van der Waals surface area contributed by atoms with Gasteiger partial charge in [-0.1, -0.05) is 5.21 Å². The molecule has 0 amide bonds. The minimum Gasteiger partial charge on any atom is -0.198 e. The van der Waals surface area contributed by atoms with Crippen LogP contribution in [-0.4, -0.2) is 22.8 Å². The molecule has 1 aromatic carbocycles. The Balaban J connectivity index is 2.28. The van der Waals surface area contributed by atoms with Crippen molar-refractivity contribution in [2.45, 2.75) is 10.4 Å². The summed E-state index contributed by atoms with van der Waals surface area (Å²) in [5.41, 5.74) is -1.26. The van der Waals surface area contributed by atoms with Crippen LogP contribution in [0.2, 0.25) is 0 Å². The molecule has 0 aliphatic rings. The third kappa shape index (κ3) is 3.04. The molecular weight excluding hydrogens is 567 g/mol. The number of aromatic nitrogens is 3. The number of halogens is 6. The number of hydrogen-bond donors (Lipinski definition) is 0. The number of benzene rings is 1. The Labute approximate surface area is 162 Å². The second-order valence-corrected chi connectivity index (χ2v) is 10.5. The number of alkyl halides is 3. The van der Waals surface area contributed by atoms with Crippen molar-refractivity contribution >= 4 is 80.2 Å². The normalized spacial score (nSPS) is 12.9. The molecule has 2 heterocycles. The molecule has 2 aromatic heterocycles. The van der Waals surface area contributed by atoms with Gasteiger partial charge in [-0.05, 0) is 66.0 Å². The summed E-state index contributed by atoms with van der Waals surface area (Å²) in [6.07, 6.45) is -4.63. The zero-order valence-electron chi connectivity index (χ0n) is 11.0. The van der Waals surface area contributed by atoms with Crippen LogP contribution in [0.25, 0.3) is 11.0 Å². The number of fused-ring (bicyclic) bond motifs is 1. The molecule has 0 fully saturated rings. The van der Waals surface area contributed by atoms with Gasteiger partial charge >= 0.3 is 6.18 Å². The fourth-order valence-corrected chi connectivity index (χ4v) is 6.47. The Morgan fingerprint density at radius 2 is 1.75 bits per heavy atom. The maximum absolute atomic E-state index is 13.0. The molecular formula is C11H3Br3F3N3O2S2. The average molecular weight is 570 g/mol. The van der Waals surface area contributed by atoms with Gasteiger partial charge in [-0.2, -0.15) is 21.6 Å². The molecule has 0 aliphatic heterocycles. The van der Waals surface area contributed by atoms with E-state index in [1.807, 2.05) is 0 Å². The van der Waals surface area contributed by atoms with E-state index in [1.54, 1.807) is 0 Å². The van der Waals surface area contributed by atoms with E-state index >= 15 is 0 Å². The molecule has 13 heteroatoms. The number of hydrogen-bond acceptors (Lipinski definition) is 5. The van der Waals surface area contributed by atoms with E-state index < -0.39 is 21.8 Å². The quantitative estimate of drug-likeness (QED) is 0.434. The van der Waals surface area contributed by atoms with Crippen LogP contribution in [0.15, 0.2) is 35.1 Å². The molecule has 5 nitrogen and oxygen atoms in total. The summed E-state index contributed by atoms with van der Waals surface area (Å²) in [6, 6.07) is 2.86. The molecule has 128 valence electrons. The number of rotatable bonds is 2. The first-order valence-electron chi connectivity index (χ1n) is 5.84. The molecule has 0 bridgehead atoms. The Kier molecular flexibility index (Phi) is 4.60. The molecule has 0 saturated heterocycles. The van der Waals surface area contributed by atoms with Gasteiger partial charge in [-0.15, -0.1) is 20.5 Å². The summed E-state index contributed by atoms with van der Waals surface area (Å²) in [6.45, 7) is 0. The third-order valence-corrected chi connectivity index (χ3v) is 8.80. The van der Waals surface area contributed by atoms with Crippen molar-refractivity contribution in [2.24, 2.45) is 0 Å². The van der Waals surface area contributed by atoms with Crippen molar-refractivity contribution < 1.29 is 21.6 Å². The molecule has 0 saturated carbocycles. The maximum Gasteiger partial charge on any atom is 0.416 e. The maximum atomic E-state index is 13.0. The van der Waals surface area contributed by atoms with Crippen LogP contribution in [0.1, 0.15) is 5.56 Å². The molecule has 0 radical (unpaired) electrons. The predicted molar refractivity (Wildman–Crippen MR) is 92.5 cm³/mol. The lowest BCUT2D eigenvalue weighted by atomic mass is 10.2. The Morgan fingerprint density at radius 1 is 1.08 bits per heavy atom. The fourth-order valence-electron chi connectivity index (χ4n) is 1.84. The molecule has 0 N–H and O–H groups in total. The van der Waals surface area contributed by atoms with E-state index in [0.29, 0.717) is 18.4 Å². The molecule has 3 rings (SSSR count). The van der Waals surface area contributed by atoms with E-state index in [4.69, 9.17) is 0 Å². The second kappa shape index (κ2) is 6.04. The zero-order chi connectivity index (χ0) is 17.9. The van der Waals surface area contributed by atoms with Crippen molar-refractivity contribution in [2.75, 3.05) is 0 Å². The summed E-state index contributed by atoms with van der Waals surface area (Å²) in [7, 11) is -4.19. The highest BCUT2D eigenvalue weighted by atomic mass is 79.9. The van der Waals surface area contributed by atoms with Crippen molar-refractivity contribution in [3.05, 3.63) is 36.5 Å². The van der Waals surface area contributed by atoms with Crippen LogP contribution in [-0.2, 0) is 16.2 Å². The topological polar surface area (TPSA) is 64.8 Å². The van der Waals surface area contributed by atoms with E-state index in [9.17, 15) is 21.6 Å². The number of thiophene rings is 1. The van der Waals surface area contributed by atoms with Gasteiger partial charge in [0.15, 0.2) is 0 Å². The van der Waals surface area contributed by atoms with Crippen molar-refractivity contribution in [1.29, 1.82) is 0 Å². The van der Waals surface area contributed by atoms with E-state index in [2.05, 4.69) is 58.1 Å². The van der Waals surface area contributed by atoms with Gasteiger partial charge in [0.1, 0.15) is 15.2 Å². The lowest BCUT2D eigenvalue weighted by Gasteiger charge is -2.08. The lowest BCUT2D eigenvalue weighted by molar-refractivity contribution is -0.137. The smallest absolute Gasteiger partial charge is 0.198 e. The Morgan fingerprint density at radius 3 is 2.29 bits per heavy atom. The van der Waals surface area contributed by atoms with Gasteiger partial charge in [0, 0.05) is 8.95 Å². The fraction of sp³-hybridized carbons (Fsp3) is 0.0909. The molecule has 0 spiro atoms. The standard InChI is InChI=1S/C11H3Br3F3N3O2S2/c12-5-1-4(11(15,16)17)2-7-9(5)18-19-20(7)24(21,22)8-3-6(13)10(14)23-8/h1-3H. The summed E-state index contributed by atoms with van der Waals surface area (Å²) < 4.78 is 65.7. The van der Waals surface area contributed by atoms with Gasteiger partial charge in [0.25, 0.3) is 10.0 Å². The highest BCUT2D eigenvalue weighted by molar-refractivity contribution is 9.13. The second-order valence-electron chi connectivity index (χ2n) is 4.45. The number of nitrogens with zero attached hydrogens (tertiary/aromatic N) is 3. The summed E-state index contributed by atoms with van der Waals surface area (Å²) in [4.78, 5) is 0. The molecule has 0 atom stereocenters. The lowest BCUT2D eigenvalue weighted by Crippen LogP contribution is -2.14. The van der Waals surface area contributed by atoms with Crippen LogP contribution in [0.5, 0.6) is 0 Å². The Bertz CT molecular complexity index is 1040. The van der Waals surface area contributed by atoms with Gasteiger partial charge in [-0.25, -0.2) is 0 Å². The summed E-state index contributed by atoms with van der Waals surface area (Å²) in [5, 5.41) is 7.19. The van der Waals surface area contributed by atoms with E-state index in [0.717, 1.165) is 17.4 Å². The predicted octanol–water partition coefficient (Wildman–Crippen LogP) is 5.04. The Hall–Kier alpha value is -0.500. The molecule has 24 heavy (non-hydrogen) atoms. The van der Waals surface area contributed by atoms with Crippen LogP contribution in [0.3, 0.4) is 0 Å². The van der Waals surface area contributed by atoms with Crippen molar-refractivity contribution in [1.82, 2.24) is 14.4 Å². The van der Waals surface area contributed by atoms with Crippen LogP contribution in [0.4, 0.5) is 13.2 Å². The van der Waals surface area contributed by atoms with E-state index in [-0.39, 0.29) is 19.7 Å². The van der Waals surface area contributed by atoms with Gasteiger partial charge < -0.3 is 0 Å². The first kappa shape index (κ1) is 18.3. The first-order valence-corrected chi connectivity index (χ1v) is 10.5. The van der Waals surface area contributed by atoms with Crippen molar-refractivity contribution in [3.8, 4) is 0 Å². The van der Waals surface area contributed by atoms with Crippen LogP contribution in [0, 0.1) is 0 Å². The largest absolute Gasteiger partial charge is 0.416 e. The summed E-state index contributed by atoms with van der Waals surface area (Å²) >= 11 is 10.2. The van der Waals surface area contributed by atoms with Gasteiger partial charge in [-0.3, -0.25) is 0 Å². The molecule has 0 unspecified atom stereocenters. The third-order valence-electron chi connectivity index (χ3n) is 2.91. The SMILES string of the molecule is O=S(=O)(c1cc(Br)c(Br)s1)n1nnc2c(Br)cc(C(F)(F)F)cc21. The van der Waals surface area contributed by atoms with Crippen LogP contribution < -0.4 is 0 Å². The molecule has 3 aromatic rings. The summed E-state index contributed by atoms with van der Waals surface area (Å²) in [5.74, 6) is 0. The monoisotopic (exact) mass is 567 g/mol.